The first-order chi connectivity index (χ1) is 13.6. The quantitative estimate of drug-likeness (QED) is 0.494. The van der Waals surface area contributed by atoms with Gasteiger partial charge in [-0.1, -0.05) is 30.3 Å². The summed E-state index contributed by atoms with van der Waals surface area (Å²) in [6.45, 7) is 3.69. The summed E-state index contributed by atoms with van der Waals surface area (Å²) in [6, 6.07) is 14.3. The van der Waals surface area contributed by atoms with Crippen LogP contribution in [0.4, 0.5) is 17.1 Å². The SMILES string of the molecule is CCOC(=O)c1nc2ccccc2c(Nc2ccccc2N)c1C(=O)OCC. The Labute approximate surface area is 162 Å². The Morgan fingerprint density at radius 3 is 2.32 bits per heavy atom. The Morgan fingerprint density at radius 2 is 1.61 bits per heavy atom. The van der Waals surface area contributed by atoms with Gasteiger partial charge in [0.25, 0.3) is 0 Å². The molecular weight excluding hydrogens is 358 g/mol. The number of hydrogen-bond donors (Lipinski definition) is 2. The fraction of sp³-hybridized carbons (Fsp3) is 0.190. The van der Waals surface area contributed by atoms with Crippen LogP contribution in [-0.4, -0.2) is 30.1 Å². The zero-order chi connectivity index (χ0) is 20.1. The minimum absolute atomic E-state index is 0.0160. The Bertz CT molecular complexity index is 1030. The number of aromatic nitrogens is 1. The molecule has 0 aliphatic carbocycles. The van der Waals surface area contributed by atoms with E-state index in [0.717, 1.165) is 0 Å². The van der Waals surface area contributed by atoms with E-state index < -0.39 is 11.9 Å². The van der Waals surface area contributed by atoms with Crippen molar-refractivity contribution in [2.24, 2.45) is 0 Å². The molecule has 0 aliphatic rings. The Morgan fingerprint density at radius 1 is 0.964 bits per heavy atom. The number of carbonyl (C=O) groups excluding carboxylic acids is 2. The van der Waals surface area contributed by atoms with Crippen molar-refractivity contribution in [2.75, 3.05) is 24.3 Å². The number of hydrogen-bond acceptors (Lipinski definition) is 7. The van der Waals surface area contributed by atoms with Crippen LogP contribution in [0.15, 0.2) is 48.5 Å². The molecule has 0 saturated heterocycles. The van der Waals surface area contributed by atoms with Gasteiger partial charge in [-0.2, -0.15) is 0 Å². The maximum Gasteiger partial charge on any atom is 0.357 e. The molecule has 0 bridgehead atoms. The molecule has 7 heteroatoms. The first-order valence-electron chi connectivity index (χ1n) is 8.95. The number of pyridine rings is 1. The average molecular weight is 379 g/mol. The highest BCUT2D eigenvalue weighted by Crippen LogP contribution is 2.34. The maximum absolute atomic E-state index is 12.8. The fourth-order valence-electron chi connectivity index (χ4n) is 2.84. The molecule has 3 rings (SSSR count). The van der Waals surface area contributed by atoms with Crippen LogP contribution in [0.2, 0.25) is 0 Å². The molecule has 0 radical (unpaired) electrons. The lowest BCUT2D eigenvalue weighted by atomic mass is 10.0. The van der Waals surface area contributed by atoms with E-state index >= 15 is 0 Å². The molecule has 0 amide bonds. The molecule has 0 unspecified atom stereocenters. The largest absolute Gasteiger partial charge is 0.462 e. The zero-order valence-corrected chi connectivity index (χ0v) is 15.7. The number of ether oxygens (including phenoxy) is 2. The van der Waals surface area contributed by atoms with Crippen LogP contribution < -0.4 is 11.1 Å². The van der Waals surface area contributed by atoms with E-state index in [0.29, 0.717) is 28.0 Å². The molecule has 1 aromatic heterocycles. The number of nitrogens with zero attached hydrogens (tertiary/aromatic N) is 1. The van der Waals surface area contributed by atoms with Gasteiger partial charge in [-0.3, -0.25) is 0 Å². The Kier molecular flexibility index (Phi) is 5.74. The average Bonchev–Trinajstić information content (AvgIpc) is 2.69. The minimum atomic E-state index is -0.694. The van der Waals surface area contributed by atoms with Crippen molar-refractivity contribution in [1.29, 1.82) is 0 Å². The van der Waals surface area contributed by atoms with E-state index in [-0.39, 0.29) is 24.5 Å². The van der Waals surface area contributed by atoms with Crippen molar-refractivity contribution in [3.63, 3.8) is 0 Å². The smallest absolute Gasteiger partial charge is 0.357 e. The number of benzene rings is 2. The van der Waals surface area contributed by atoms with E-state index in [1.54, 1.807) is 38.1 Å². The lowest BCUT2D eigenvalue weighted by molar-refractivity contribution is 0.0475. The molecule has 0 aliphatic heterocycles. The van der Waals surface area contributed by atoms with Crippen molar-refractivity contribution in [1.82, 2.24) is 4.98 Å². The van der Waals surface area contributed by atoms with Gasteiger partial charge in [0.15, 0.2) is 5.69 Å². The van der Waals surface area contributed by atoms with Crippen molar-refractivity contribution in [3.8, 4) is 0 Å². The number of nitrogen functional groups attached to an aromatic ring is 1. The molecule has 28 heavy (non-hydrogen) atoms. The highest BCUT2D eigenvalue weighted by Gasteiger charge is 2.27. The summed E-state index contributed by atoms with van der Waals surface area (Å²) in [4.78, 5) is 29.7. The third kappa shape index (κ3) is 3.73. The lowest BCUT2D eigenvalue weighted by Gasteiger charge is -2.18. The van der Waals surface area contributed by atoms with Crippen molar-refractivity contribution < 1.29 is 19.1 Å². The number of carbonyl (C=O) groups is 2. The van der Waals surface area contributed by atoms with Crippen LogP contribution in [0, 0.1) is 0 Å². The van der Waals surface area contributed by atoms with Gasteiger partial charge in [0, 0.05) is 5.39 Å². The molecule has 3 N–H and O–H groups in total. The normalized spacial score (nSPS) is 10.5. The van der Waals surface area contributed by atoms with Crippen LogP contribution >= 0.6 is 0 Å². The second-order valence-electron chi connectivity index (χ2n) is 5.88. The lowest BCUT2D eigenvalue weighted by Crippen LogP contribution is -2.18. The van der Waals surface area contributed by atoms with E-state index in [1.807, 2.05) is 24.3 Å². The summed E-state index contributed by atoms with van der Waals surface area (Å²) < 4.78 is 10.3. The number of fused-ring (bicyclic) bond motifs is 1. The Balaban J connectivity index is 2.30. The standard InChI is InChI=1S/C21H21N3O4/c1-3-27-20(25)17-18(24-16-12-8-6-10-14(16)22)13-9-5-7-11-15(13)23-19(17)21(26)28-4-2/h5-12H,3-4,22H2,1-2H3,(H,23,24). The molecule has 3 aromatic rings. The maximum atomic E-state index is 12.8. The van der Waals surface area contributed by atoms with Gasteiger partial charge in [-0.25, -0.2) is 14.6 Å². The molecule has 144 valence electrons. The van der Waals surface area contributed by atoms with Crippen LogP contribution in [0.1, 0.15) is 34.7 Å². The highest BCUT2D eigenvalue weighted by atomic mass is 16.5. The molecule has 1 heterocycles. The predicted molar refractivity (Wildman–Crippen MR) is 108 cm³/mol. The molecular formula is C21H21N3O4. The van der Waals surface area contributed by atoms with Gasteiger partial charge in [0.05, 0.1) is 35.8 Å². The van der Waals surface area contributed by atoms with Crippen LogP contribution in [0.25, 0.3) is 10.9 Å². The van der Waals surface area contributed by atoms with Crippen LogP contribution in [0.5, 0.6) is 0 Å². The van der Waals surface area contributed by atoms with E-state index in [9.17, 15) is 9.59 Å². The number of para-hydroxylation sites is 3. The summed E-state index contributed by atoms with van der Waals surface area (Å²) in [5.41, 5.74) is 8.00. The number of anilines is 3. The van der Waals surface area contributed by atoms with Crippen molar-refractivity contribution in [2.45, 2.75) is 13.8 Å². The first-order valence-corrected chi connectivity index (χ1v) is 8.95. The number of nitrogens with two attached hydrogens (primary N) is 1. The second-order valence-corrected chi connectivity index (χ2v) is 5.88. The van der Waals surface area contributed by atoms with E-state index in [2.05, 4.69) is 10.3 Å². The van der Waals surface area contributed by atoms with E-state index in [4.69, 9.17) is 15.2 Å². The van der Waals surface area contributed by atoms with Gasteiger partial charge >= 0.3 is 11.9 Å². The summed E-state index contributed by atoms with van der Waals surface area (Å²) >= 11 is 0. The van der Waals surface area contributed by atoms with Gasteiger partial charge in [0.1, 0.15) is 5.56 Å². The summed E-state index contributed by atoms with van der Waals surface area (Å²) in [7, 11) is 0. The number of nitrogens with one attached hydrogen (secondary N) is 1. The van der Waals surface area contributed by atoms with E-state index in [1.165, 1.54) is 0 Å². The molecule has 2 aromatic carbocycles. The molecule has 0 spiro atoms. The third-order valence-electron chi connectivity index (χ3n) is 4.06. The van der Waals surface area contributed by atoms with Gasteiger partial charge in [-0.05, 0) is 32.0 Å². The fourth-order valence-corrected chi connectivity index (χ4v) is 2.84. The molecule has 0 fully saturated rings. The van der Waals surface area contributed by atoms with Crippen LogP contribution in [-0.2, 0) is 9.47 Å². The molecule has 0 atom stereocenters. The highest BCUT2D eigenvalue weighted by molar-refractivity contribution is 6.13. The monoisotopic (exact) mass is 379 g/mol. The summed E-state index contributed by atoms with van der Waals surface area (Å²) in [5, 5.41) is 3.84. The zero-order valence-electron chi connectivity index (χ0n) is 15.7. The number of rotatable bonds is 6. The summed E-state index contributed by atoms with van der Waals surface area (Å²) in [5.74, 6) is -1.36. The topological polar surface area (TPSA) is 104 Å². The Hall–Kier alpha value is -3.61. The number of esters is 2. The molecule has 7 nitrogen and oxygen atoms in total. The predicted octanol–water partition coefficient (Wildman–Crippen LogP) is 3.91. The van der Waals surface area contributed by atoms with Crippen molar-refractivity contribution in [3.05, 3.63) is 59.8 Å². The van der Waals surface area contributed by atoms with Crippen LogP contribution in [0.3, 0.4) is 0 Å². The van der Waals surface area contributed by atoms with Crippen molar-refractivity contribution >= 4 is 39.9 Å². The third-order valence-corrected chi connectivity index (χ3v) is 4.06. The van der Waals surface area contributed by atoms with Gasteiger partial charge in [-0.15, -0.1) is 0 Å². The van der Waals surface area contributed by atoms with Gasteiger partial charge in [0.2, 0.25) is 0 Å². The summed E-state index contributed by atoms with van der Waals surface area (Å²) in [6.07, 6.45) is 0. The molecule has 0 saturated carbocycles. The van der Waals surface area contributed by atoms with Gasteiger partial charge < -0.3 is 20.5 Å². The minimum Gasteiger partial charge on any atom is -0.462 e. The second kappa shape index (κ2) is 8.39. The first kappa shape index (κ1) is 19.2.